The lowest BCUT2D eigenvalue weighted by molar-refractivity contribution is 0.0983. The highest BCUT2D eigenvalue weighted by molar-refractivity contribution is 5.96. The predicted octanol–water partition coefficient (Wildman–Crippen LogP) is 3.54. The van der Waals surface area contributed by atoms with E-state index >= 15 is 0 Å². The number of ketones is 1. The fourth-order valence-electron chi connectivity index (χ4n) is 2.73. The molecule has 0 amide bonds. The summed E-state index contributed by atoms with van der Waals surface area (Å²) < 4.78 is 5.23. The first-order valence-electron chi connectivity index (χ1n) is 7.23. The Bertz CT molecular complexity index is 571. The Hall–Kier alpha value is -1.97. The fraction of sp³-hybridized carbons (Fsp3) is 0.438. The minimum atomic E-state index is 0.0180. The van der Waals surface area contributed by atoms with Crippen molar-refractivity contribution in [2.75, 3.05) is 0 Å². The molecule has 1 aliphatic rings. The van der Waals surface area contributed by atoms with Crippen molar-refractivity contribution in [2.24, 2.45) is 0 Å². The maximum absolute atomic E-state index is 12.1. The molecule has 2 aromatic rings. The van der Waals surface area contributed by atoms with E-state index < -0.39 is 0 Å². The Morgan fingerprint density at radius 1 is 1.15 bits per heavy atom. The van der Waals surface area contributed by atoms with Gasteiger partial charge in [-0.2, -0.15) is 4.98 Å². The minimum absolute atomic E-state index is 0.0180. The van der Waals surface area contributed by atoms with E-state index in [9.17, 15) is 4.79 Å². The molecular formula is C16H18N2O2. The van der Waals surface area contributed by atoms with Crippen LogP contribution >= 0.6 is 0 Å². The first-order chi connectivity index (χ1) is 9.83. The number of aromatic nitrogens is 2. The van der Waals surface area contributed by atoms with Gasteiger partial charge in [0, 0.05) is 11.5 Å². The molecule has 1 fully saturated rings. The maximum Gasteiger partial charge on any atom is 0.234 e. The van der Waals surface area contributed by atoms with Gasteiger partial charge in [-0.25, -0.2) is 0 Å². The first kappa shape index (κ1) is 13.0. The summed E-state index contributed by atoms with van der Waals surface area (Å²) >= 11 is 0. The highest BCUT2D eigenvalue weighted by Gasteiger charge is 2.21. The molecule has 0 aliphatic heterocycles. The van der Waals surface area contributed by atoms with Gasteiger partial charge in [0.2, 0.25) is 5.89 Å². The third-order valence-electron chi connectivity index (χ3n) is 3.86. The number of Topliss-reactive ketones (excluding diaryl/α,β-unsaturated/α-hetero) is 1. The standard InChI is InChI=1S/C16H18N2O2/c19-14(12-7-3-1-4-8-12)11-15-17-16(18-20-15)13-9-5-2-6-10-13/h1,3-4,7-8,13H,2,5-6,9-11H2. The Morgan fingerprint density at radius 2 is 1.90 bits per heavy atom. The lowest BCUT2D eigenvalue weighted by Crippen LogP contribution is -2.07. The number of hydrogen-bond acceptors (Lipinski definition) is 4. The van der Waals surface area contributed by atoms with Gasteiger partial charge in [0.25, 0.3) is 0 Å². The largest absolute Gasteiger partial charge is 0.339 e. The molecule has 4 heteroatoms. The van der Waals surface area contributed by atoms with Gasteiger partial charge in [-0.1, -0.05) is 54.8 Å². The van der Waals surface area contributed by atoms with Crippen LogP contribution in [-0.4, -0.2) is 15.9 Å². The second kappa shape index (κ2) is 5.99. The van der Waals surface area contributed by atoms with Gasteiger partial charge in [-0.15, -0.1) is 0 Å². The zero-order chi connectivity index (χ0) is 13.8. The molecule has 104 valence electrons. The highest BCUT2D eigenvalue weighted by atomic mass is 16.5. The summed E-state index contributed by atoms with van der Waals surface area (Å²) in [5, 5.41) is 4.05. The van der Waals surface area contributed by atoms with Crippen molar-refractivity contribution in [3.63, 3.8) is 0 Å². The molecule has 4 nitrogen and oxygen atoms in total. The molecule has 0 spiro atoms. The molecule has 1 aliphatic carbocycles. The predicted molar refractivity (Wildman–Crippen MR) is 74.6 cm³/mol. The number of rotatable bonds is 4. The molecule has 0 atom stereocenters. The number of benzene rings is 1. The van der Waals surface area contributed by atoms with E-state index in [2.05, 4.69) is 10.1 Å². The number of carbonyl (C=O) groups excluding carboxylic acids is 1. The van der Waals surface area contributed by atoms with E-state index in [4.69, 9.17) is 4.52 Å². The smallest absolute Gasteiger partial charge is 0.234 e. The van der Waals surface area contributed by atoms with Gasteiger partial charge in [-0.3, -0.25) is 4.79 Å². The minimum Gasteiger partial charge on any atom is -0.339 e. The van der Waals surface area contributed by atoms with E-state index in [0.29, 0.717) is 17.4 Å². The number of carbonyl (C=O) groups is 1. The van der Waals surface area contributed by atoms with E-state index in [1.807, 2.05) is 18.2 Å². The van der Waals surface area contributed by atoms with Gasteiger partial charge in [0.05, 0.1) is 6.42 Å². The second-order valence-corrected chi connectivity index (χ2v) is 5.35. The van der Waals surface area contributed by atoms with Crippen molar-refractivity contribution in [1.29, 1.82) is 0 Å². The SMILES string of the molecule is O=C(Cc1nc(C2CCCCC2)no1)c1ccccc1. The topological polar surface area (TPSA) is 56.0 Å². The van der Waals surface area contributed by atoms with Crippen molar-refractivity contribution < 1.29 is 9.32 Å². The Balaban J connectivity index is 1.66. The fourth-order valence-corrected chi connectivity index (χ4v) is 2.73. The van der Waals surface area contributed by atoms with E-state index in [1.54, 1.807) is 12.1 Å². The van der Waals surface area contributed by atoms with Crippen molar-refractivity contribution in [2.45, 2.75) is 44.4 Å². The summed E-state index contributed by atoms with van der Waals surface area (Å²) in [7, 11) is 0. The monoisotopic (exact) mass is 270 g/mol. The summed E-state index contributed by atoms with van der Waals surface area (Å²) in [5.41, 5.74) is 0.685. The van der Waals surface area contributed by atoms with Crippen LogP contribution in [0.3, 0.4) is 0 Å². The van der Waals surface area contributed by atoms with Crippen LogP contribution in [0, 0.1) is 0 Å². The first-order valence-corrected chi connectivity index (χ1v) is 7.23. The third kappa shape index (κ3) is 2.95. The van der Waals surface area contributed by atoms with Crippen molar-refractivity contribution in [3.05, 3.63) is 47.6 Å². The van der Waals surface area contributed by atoms with Crippen LogP contribution in [0.15, 0.2) is 34.9 Å². The van der Waals surface area contributed by atoms with Crippen LogP contribution in [0.25, 0.3) is 0 Å². The molecule has 0 saturated heterocycles. The summed E-state index contributed by atoms with van der Waals surface area (Å²) in [5.74, 6) is 1.64. The summed E-state index contributed by atoms with van der Waals surface area (Å²) in [6.45, 7) is 0. The molecule has 1 aromatic carbocycles. The van der Waals surface area contributed by atoms with Crippen molar-refractivity contribution in [1.82, 2.24) is 10.1 Å². The molecule has 0 N–H and O–H groups in total. The molecule has 3 rings (SSSR count). The van der Waals surface area contributed by atoms with Gasteiger partial charge in [-0.05, 0) is 12.8 Å². The number of hydrogen-bond donors (Lipinski definition) is 0. The van der Waals surface area contributed by atoms with E-state index in [0.717, 1.165) is 18.7 Å². The molecule has 0 bridgehead atoms. The van der Waals surface area contributed by atoms with Gasteiger partial charge < -0.3 is 4.52 Å². The van der Waals surface area contributed by atoms with Gasteiger partial charge >= 0.3 is 0 Å². The van der Waals surface area contributed by atoms with Crippen LogP contribution in [0.2, 0.25) is 0 Å². The molecule has 1 saturated carbocycles. The Morgan fingerprint density at radius 3 is 2.65 bits per heavy atom. The summed E-state index contributed by atoms with van der Waals surface area (Å²) in [4.78, 5) is 16.5. The number of nitrogens with zero attached hydrogens (tertiary/aromatic N) is 2. The lowest BCUT2D eigenvalue weighted by atomic mass is 9.89. The summed E-state index contributed by atoms with van der Waals surface area (Å²) in [6.07, 6.45) is 6.21. The van der Waals surface area contributed by atoms with Crippen molar-refractivity contribution >= 4 is 5.78 Å². The Kier molecular flexibility index (Phi) is 3.90. The second-order valence-electron chi connectivity index (χ2n) is 5.35. The molecule has 0 unspecified atom stereocenters. The Labute approximate surface area is 118 Å². The zero-order valence-corrected chi connectivity index (χ0v) is 11.4. The summed E-state index contributed by atoms with van der Waals surface area (Å²) in [6, 6.07) is 9.22. The van der Waals surface area contributed by atoms with E-state index in [-0.39, 0.29) is 12.2 Å². The van der Waals surface area contributed by atoms with Crippen LogP contribution in [-0.2, 0) is 6.42 Å². The maximum atomic E-state index is 12.1. The third-order valence-corrected chi connectivity index (χ3v) is 3.86. The average molecular weight is 270 g/mol. The van der Waals surface area contributed by atoms with Crippen LogP contribution in [0.5, 0.6) is 0 Å². The van der Waals surface area contributed by atoms with Crippen LogP contribution in [0.1, 0.15) is 60.1 Å². The molecule has 1 aromatic heterocycles. The molecule has 1 heterocycles. The zero-order valence-electron chi connectivity index (χ0n) is 11.4. The average Bonchev–Trinajstić information content (AvgIpc) is 2.97. The van der Waals surface area contributed by atoms with Crippen LogP contribution in [0.4, 0.5) is 0 Å². The van der Waals surface area contributed by atoms with Gasteiger partial charge in [0.15, 0.2) is 11.6 Å². The highest BCUT2D eigenvalue weighted by Crippen LogP contribution is 2.30. The van der Waals surface area contributed by atoms with Crippen LogP contribution < -0.4 is 0 Å². The quantitative estimate of drug-likeness (QED) is 0.797. The van der Waals surface area contributed by atoms with Gasteiger partial charge in [0.1, 0.15) is 0 Å². The molecule has 0 radical (unpaired) electrons. The lowest BCUT2D eigenvalue weighted by Gasteiger charge is -2.17. The molecular weight excluding hydrogens is 252 g/mol. The normalized spacial score (nSPS) is 16.2. The van der Waals surface area contributed by atoms with E-state index in [1.165, 1.54) is 19.3 Å². The molecule has 20 heavy (non-hydrogen) atoms. The van der Waals surface area contributed by atoms with Crippen molar-refractivity contribution in [3.8, 4) is 0 Å².